The van der Waals surface area contributed by atoms with Gasteiger partial charge in [0.1, 0.15) is 0 Å². The lowest BCUT2D eigenvalue weighted by Crippen LogP contribution is -2.33. The third kappa shape index (κ3) is 1.83. The summed E-state index contributed by atoms with van der Waals surface area (Å²) in [5.74, 6) is -0.466. The van der Waals surface area contributed by atoms with Crippen molar-refractivity contribution in [3.8, 4) is 0 Å². The van der Waals surface area contributed by atoms with E-state index in [0.29, 0.717) is 17.5 Å². The van der Waals surface area contributed by atoms with Gasteiger partial charge in [0.05, 0.1) is 17.2 Å². The van der Waals surface area contributed by atoms with Crippen LogP contribution in [-0.4, -0.2) is 16.7 Å². The van der Waals surface area contributed by atoms with Crippen LogP contribution in [0.2, 0.25) is 0 Å². The van der Waals surface area contributed by atoms with Gasteiger partial charge in [0.25, 0.3) is 11.8 Å². The molecule has 1 atom stereocenters. The molecule has 0 N–H and O–H groups in total. The van der Waals surface area contributed by atoms with E-state index in [1.54, 1.807) is 24.3 Å². The van der Waals surface area contributed by atoms with Crippen molar-refractivity contribution in [3.63, 3.8) is 0 Å². The molecule has 1 aliphatic rings. The molecule has 1 radical (unpaired) electrons. The number of rotatable bonds is 3. The lowest BCUT2D eigenvalue weighted by Gasteiger charge is -2.25. The maximum Gasteiger partial charge on any atom is 0.262 e. The predicted octanol–water partition coefficient (Wildman–Crippen LogP) is 3.25. The number of benzene rings is 2. The van der Waals surface area contributed by atoms with Crippen LogP contribution >= 0.6 is 0 Å². The van der Waals surface area contributed by atoms with Crippen molar-refractivity contribution in [1.82, 2.24) is 4.90 Å². The molecule has 0 spiro atoms. The van der Waals surface area contributed by atoms with Crippen molar-refractivity contribution in [3.05, 3.63) is 78.2 Å². The fourth-order valence-corrected chi connectivity index (χ4v) is 2.61. The zero-order valence-electron chi connectivity index (χ0n) is 11.0. The summed E-state index contributed by atoms with van der Waals surface area (Å²) in [6.45, 7) is 3.89. The minimum Gasteiger partial charge on any atom is -0.269 e. The first-order valence-electron chi connectivity index (χ1n) is 6.55. The van der Waals surface area contributed by atoms with E-state index in [1.807, 2.05) is 30.3 Å². The molecule has 0 saturated heterocycles. The molecule has 0 aliphatic carbocycles. The first-order valence-corrected chi connectivity index (χ1v) is 6.55. The van der Waals surface area contributed by atoms with Crippen LogP contribution in [0.1, 0.15) is 38.7 Å². The lowest BCUT2D eigenvalue weighted by atomic mass is 10.0. The Kier molecular flexibility index (Phi) is 3.11. The van der Waals surface area contributed by atoms with E-state index < -0.39 is 0 Å². The molecule has 1 aliphatic heterocycles. The van der Waals surface area contributed by atoms with E-state index in [4.69, 9.17) is 0 Å². The maximum absolute atomic E-state index is 12.5. The largest absolute Gasteiger partial charge is 0.269 e. The molecule has 0 saturated carbocycles. The molecule has 0 fully saturated rings. The van der Waals surface area contributed by atoms with Gasteiger partial charge in [-0.15, -0.1) is 0 Å². The Hall–Kier alpha value is -2.42. The average molecular weight is 264 g/mol. The topological polar surface area (TPSA) is 37.4 Å². The van der Waals surface area contributed by atoms with E-state index >= 15 is 0 Å². The van der Waals surface area contributed by atoms with Crippen LogP contribution in [0, 0.1) is 6.92 Å². The maximum atomic E-state index is 12.5. The molecule has 2 aromatic carbocycles. The normalized spacial score (nSPS) is 15.3. The number of carbonyl (C=O) groups is 2. The van der Waals surface area contributed by atoms with Crippen LogP contribution in [0.15, 0.2) is 54.6 Å². The highest BCUT2D eigenvalue weighted by Gasteiger charge is 2.39. The molecule has 3 heteroatoms. The summed E-state index contributed by atoms with van der Waals surface area (Å²) in [6, 6.07) is 16.2. The second kappa shape index (κ2) is 4.93. The van der Waals surface area contributed by atoms with E-state index in [2.05, 4.69) is 6.92 Å². The second-order valence-corrected chi connectivity index (χ2v) is 4.74. The van der Waals surface area contributed by atoms with Crippen LogP contribution < -0.4 is 0 Å². The molecule has 1 heterocycles. The molecule has 2 amide bonds. The minimum absolute atomic E-state index is 0.233. The molecular formula is C17H14NO2. The molecule has 99 valence electrons. The Bertz CT molecular complexity index is 629. The van der Waals surface area contributed by atoms with Gasteiger partial charge < -0.3 is 0 Å². The highest BCUT2D eigenvalue weighted by molar-refractivity contribution is 6.21. The van der Waals surface area contributed by atoms with Crippen molar-refractivity contribution in [2.45, 2.75) is 12.5 Å². The number of imide groups is 1. The summed E-state index contributed by atoms with van der Waals surface area (Å²) in [5, 5.41) is 0. The van der Waals surface area contributed by atoms with E-state index in [-0.39, 0.29) is 17.9 Å². The van der Waals surface area contributed by atoms with Crippen molar-refractivity contribution < 1.29 is 9.59 Å². The van der Waals surface area contributed by atoms with Gasteiger partial charge in [-0.2, -0.15) is 0 Å². The van der Waals surface area contributed by atoms with Crippen molar-refractivity contribution in [2.75, 3.05) is 0 Å². The smallest absolute Gasteiger partial charge is 0.262 e. The molecule has 1 unspecified atom stereocenters. The number of amides is 2. The van der Waals surface area contributed by atoms with Gasteiger partial charge in [0, 0.05) is 0 Å². The summed E-state index contributed by atoms with van der Waals surface area (Å²) in [4.78, 5) is 26.2. The van der Waals surface area contributed by atoms with E-state index in [1.165, 1.54) is 4.90 Å². The van der Waals surface area contributed by atoms with Crippen molar-refractivity contribution >= 4 is 11.8 Å². The van der Waals surface area contributed by atoms with Crippen LogP contribution in [0.25, 0.3) is 0 Å². The predicted molar refractivity (Wildman–Crippen MR) is 76.1 cm³/mol. The van der Waals surface area contributed by atoms with Gasteiger partial charge in [-0.3, -0.25) is 14.5 Å². The average Bonchev–Trinajstić information content (AvgIpc) is 2.75. The standard InChI is InChI=1S/C17H14NO2/c1-2-15(12-8-4-3-5-9-12)18-16(19)13-10-6-7-11-14(13)17(18)20/h3-11,15H,1-2H2. The van der Waals surface area contributed by atoms with Crippen molar-refractivity contribution in [1.29, 1.82) is 0 Å². The first-order chi connectivity index (χ1) is 9.74. The Morgan fingerprint density at radius 1 is 0.850 bits per heavy atom. The Morgan fingerprint density at radius 2 is 1.35 bits per heavy atom. The highest BCUT2D eigenvalue weighted by Crippen LogP contribution is 2.32. The van der Waals surface area contributed by atoms with Crippen LogP contribution in [0.4, 0.5) is 0 Å². The van der Waals surface area contributed by atoms with Crippen LogP contribution in [0.5, 0.6) is 0 Å². The molecular weight excluding hydrogens is 250 g/mol. The molecule has 3 rings (SSSR count). The van der Waals surface area contributed by atoms with E-state index in [0.717, 1.165) is 5.56 Å². The Labute approximate surface area is 117 Å². The Balaban J connectivity index is 2.03. The van der Waals surface area contributed by atoms with Gasteiger partial charge in [-0.25, -0.2) is 0 Å². The monoisotopic (exact) mass is 264 g/mol. The lowest BCUT2D eigenvalue weighted by molar-refractivity contribution is 0.0582. The molecule has 0 bridgehead atoms. The van der Waals surface area contributed by atoms with E-state index in [9.17, 15) is 9.59 Å². The molecule has 0 aromatic heterocycles. The van der Waals surface area contributed by atoms with Crippen LogP contribution in [0.3, 0.4) is 0 Å². The fraction of sp³-hybridized carbons (Fsp3) is 0.118. The molecule has 3 nitrogen and oxygen atoms in total. The summed E-state index contributed by atoms with van der Waals surface area (Å²) < 4.78 is 0. The van der Waals surface area contributed by atoms with Crippen LogP contribution in [-0.2, 0) is 0 Å². The quantitative estimate of drug-likeness (QED) is 0.798. The van der Waals surface area contributed by atoms with Gasteiger partial charge in [-0.1, -0.05) is 49.4 Å². The summed E-state index contributed by atoms with van der Waals surface area (Å²) in [7, 11) is 0. The number of carbonyl (C=O) groups excluding carboxylic acids is 2. The first kappa shape index (κ1) is 12.6. The number of nitrogens with zero attached hydrogens (tertiary/aromatic N) is 1. The minimum atomic E-state index is -0.316. The van der Waals surface area contributed by atoms with Crippen molar-refractivity contribution in [2.24, 2.45) is 0 Å². The van der Waals surface area contributed by atoms with Gasteiger partial charge >= 0.3 is 0 Å². The summed E-state index contributed by atoms with van der Waals surface area (Å²) in [6.07, 6.45) is 0.454. The van der Waals surface area contributed by atoms with Gasteiger partial charge in [-0.05, 0) is 24.1 Å². The highest BCUT2D eigenvalue weighted by atomic mass is 16.2. The number of hydrogen-bond donors (Lipinski definition) is 0. The SMILES string of the molecule is [CH2]CC(c1ccccc1)N1C(=O)c2ccccc2C1=O. The zero-order valence-corrected chi connectivity index (χ0v) is 11.0. The fourth-order valence-electron chi connectivity index (χ4n) is 2.61. The third-order valence-electron chi connectivity index (χ3n) is 3.59. The number of fused-ring (bicyclic) bond motifs is 1. The summed E-state index contributed by atoms with van der Waals surface area (Å²) in [5.41, 5.74) is 1.88. The third-order valence-corrected chi connectivity index (χ3v) is 3.59. The number of hydrogen-bond acceptors (Lipinski definition) is 2. The molecule has 2 aromatic rings. The summed E-state index contributed by atoms with van der Waals surface area (Å²) >= 11 is 0. The van der Waals surface area contributed by atoms with Gasteiger partial charge in [0.2, 0.25) is 0 Å². The zero-order chi connectivity index (χ0) is 14.1. The Morgan fingerprint density at radius 3 is 1.85 bits per heavy atom. The van der Waals surface area contributed by atoms with Gasteiger partial charge in [0.15, 0.2) is 0 Å². The molecule has 20 heavy (non-hydrogen) atoms. The second-order valence-electron chi connectivity index (χ2n) is 4.74.